The second-order valence-corrected chi connectivity index (χ2v) is 6.61. The zero-order valence-electron chi connectivity index (χ0n) is 12.9. The molecule has 0 aromatic heterocycles. The average molecular weight is 328 g/mol. The zero-order valence-corrected chi connectivity index (χ0v) is 13.7. The summed E-state index contributed by atoms with van der Waals surface area (Å²) >= 11 is 5.59. The van der Waals surface area contributed by atoms with E-state index >= 15 is 0 Å². The van der Waals surface area contributed by atoms with Gasteiger partial charge in [0.25, 0.3) is 0 Å². The Kier molecular flexibility index (Phi) is 3.10. The maximum Gasteiger partial charge on any atom is 0.190 e. The van der Waals surface area contributed by atoms with Crippen molar-refractivity contribution in [3.8, 4) is 5.75 Å². The first kappa shape index (κ1) is 14.5. The Balaban J connectivity index is 1.85. The second kappa shape index (κ2) is 4.93. The van der Waals surface area contributed by atoms with E-state index in [0.717, 1.165) is 17.0 Å². The molecule has 1 N–H and O–H groups in total. The number of thiocarbonyl (C=S) groups is 1. The minimum atomic E-state index is -0.626. The molecule has 1 fully saturated rings. The molecule has 3 unspecified atom stereocenters. The van der Waals surface area contributed by atoms with Crippen molar-refractivity contribution in [2.24, 2.45) is 5.92 Å². The third-order valence-corrected chi connectivity index (χ3v) is 5.23. The number of ether oxygens (including phenoxy) is 1. The third kappa shape index (κ3) is 2.03. The molecule has 2 aromatic rings. The Morgan fingerprint density at radius 2 is 1.87 bits per heavy atom. The van der Waals surface area contributed by atoms with Crippen molar-refractivity contribution < 1.29 is 9.13 Å². The summed E-state index contributed by atoms with van der Waals surface area (Å²) in [6, 6.07) is 14.5. The van der Waals surface area contributed by atoms with E-state index in [1.165, 1.54) is 12.1 Å². The molecule has 0 amide bonds. The molecule has 3 nitrogen and oxygen atoms in total. The van der Waals surface area contributed by atoms with E-state index in [4.69, 9.17) is 17.0 Å². The lowest BCUT2D eigenvalue weighted by atomic mass is 9.81. The average Bonchev–Trinajstić information content (AvgIpc) is 2.52. The molecule has 118 valence electrons. The van der Waals surface area contributed by atoms with Crippen molar-refractivity contribution in [1.29, 1.82) is 0 Å². The van der Waals surface area contributed by atoms with E-state index in [1.54, 1.807) is 12.1 Å². The minimum Gasteiger partial charge on any atom is -0.467 e. The summed E-state index contributed by atoms with van der Waals surface area (Å²) in [4.78, 5) is 1.94. The topological polar surface area (TPSA) is 24.5 Å². The van der Waals surface area contributed by atoms with Gasteiger partial charge in [-0.2, -0.15) is 0 Å². The highest BCUT2D eigenvalue weighted by atomic mass is 32.1. The van der Waals surface area contributed by atoms with Crippen molar-refractivity contribution in [3.63, 3.8) is 0 Å². The second-order valence-electron chi connectivity index (χ2n) is 6.22. The summed E-state index contributed by atoms with van der Waals surface area (Å²) in [5.41, 5.74) is 1.31. The van der Waals surface area contributed by atoms with Crippen LogP contribution in [-0.2, 0) is 0 Å². The van der Waals surface area contributed by atoms with Gasteiger partial charge >= 0.3 is 0 Å². The van der Waals surface area contributed by atoms with E-state index < -0.39 is 5.72 Å². The Morgan fingerprint density at radius 3 is 2.61 bits per heavy atom. The molecule has 0 spiro atoms. The lowest BCUT2D eigenvalue weighted by Crippen LogP contribution is -2.69. The molecular weight excluding hydrogens is 311 g/mol. The van der Waals surface area contributed by atoms with Crippen LogP contribution in [0.25, 0.3) is 0 Å². The fourth-order valence-electron chi connectivity index (χ4n) is 3.54. The molecule has 4 rings (SSSR count). The minimum absolute atomic E-state index is 0.106. The van der Waals surface area contributed by atoms with Gasteiger partial charge in [0, 0.05) is 17.2 Å². The standard InChI is InChI=1S/C18H17FN2OS/c1-11-16-14-5-3-4-6-15(14)22-18(11,2)21(17(23)20-16)13-9-7-12(19)8-10-13/h3-11,16H,1-2H3,(H,20,23). The largest absolute Gasteiger partial charge is 0.467 e. The smallest absolute Gasteiger partial charge is 0.190 e. The van der Waals surface area contributed by atoms with Crippen LogP contribution >= 0.6 is 12.2 Å². The van der Waals surface area contributed by atoms with Crippen LogP contribution < -0.4 is 15.0 Å². The van der Waals surface area contributed by atoms with Crippen LogP contribution in [0.15, 0.2) is 48.5 Å². The number of anilines is 1. The van der Waals surface area contributed by atoms with E-state index in [1.807, 2.05) is 30.0 Å². The van der Waals surface area contributed by atoms with Gasteiger partial charge < -0.3 is 10.1 Å². The molecule has 5 heteroatoms. The molecule has 3 atom stereocenters. The number of rotatable bonds is 1. The van der Waals surface area contributed by atoms with E-state index in [9.17, 15) is 4.39 Å². The number of halogens is 1. The molecule has 2 heterocycles. The van der Waals surface area contributed by atoms with Gasteiger partial charge in [-0.1, -0.05) is 25.1 Å². The Bertz CT molecular complexity index is 779. The van der Waals surface area contributed by atoms with E-state index in [2.05, 4.69) is 18.3 Å². The van der Waals surface area contributed by atoms with E-state index in [-0.39, 0.29) is 17.8 Å². The van der Waals surface area contributed by atoms with Crippen LogP contribution in [0, 0.1) is 11.7 Å². The fraction of sp³-hybridized carbons (Fsp3) is 0.278. The Labute approximate surface area is 140 Å². The predicted octanol–water partition coefficient (Wildman–Crippen LogP) is 4.01. The van der Waals surface area contributed by atoms with Crippen LogP contribution in [0.4, 0.5) is 10.1 Å². The summed E-state index contributed by atoms with van der Waals surface area (Å²) < 4.78 is 19.6. The molecule has 0 aliphatic carbocycles. The summed E-state index contributed by atoms with van der Waals surface area (Å²) in [6.07, 6.45) is 0. The molecule has 2 bridgehead atoms. The SMILES string of the molecule is CC1C2NC(=S)N(c3ccc(F)cc3)C1(C)Oc1ccccc12. The van der Waals surface area contributed by atoms with Crippen molar-refractivity contribution in [2.45, 2.75) is 25.6 Å². The highest BCUT2D eigenvalue weighted by Gasteiger charge is 2.53. The van der Waals surface area contributed by atoms with Crippen molar-refractivity contribution in [1.82, 2.24) is 5.32 Å². The van der Waals surface area contributed by atoms with Gasteiger partial charge in [-0.25, -0.2) is 4.39 Å². The van der Waals surface area contributed by atoms with E-state index in [0.29, 0.717) is 5.11 Å². The number of benzene rings is 2. The van der Waals surface area contributed by atoms with Crippen LogP contribution in [-0.4, -0.2) is 10.8 Å². The number of para-hydroxylation sites is 1. The normalized spacial score (nSPS) is 28.7. The molecule has 0 radical (unpaired) electrons. The third-order valence-electron chi connectivity index (χ3n) is 4.93. The van der Waals surface area contributed by atoms with Crippen LogP contribution in [0.3, 0.4) is 0 Å². The highest BCUT2D eigenvalue weighted by Crippen LogP contribution is 2.48. The number of nitrogens with zero attached hydrogens (tertiary/aromatic N) is 1. The van der Waals surface area contributed by atoms with Gasteiger partial charge in [0.2, 0.25) is 0 Å². The van der Waals surface area contributed by atoms with Gasteiger partial charge in [-0.15, -0.1) is 0 Å². The summed E-state index contributed by atoms with van der Waals surface area (Å²) in [5, 5.41) is 4.02. The Morgan fingerprint density at radius 1 is 1.17 bits per heavy atom. The summed E-state index contributed by atoms with van der Waals surface area (Å²) in [5.74, 6) is 0.755. The van der Waals surface area contributed by atoms with Crippen molar-refractivity contribution in [2.75, 3.05) is 4.90 Å². The first-order valence-corrected chi connectivity index (χ1v) is 8.06. The zero-order chi connectivity index (χ0) is 16.2. The van der Waals surface area contributed by atoms with Gasteiger partial charge in [0.05, 0.1) is 6.04 Å². The maximum atomic E-state index is 13.3. The molecule has 1 saturated heterocycles. The van der Waals surface area contributed by atoms with Gasteiger partial charge in [-0.3, -0.25) is 4.90 Å². The van der Waals surface area contributed by atoms with Crippen LogP contribution in [0.1, 0.15) is 25.5 Å². The first-order valence-electron chi connectivity index (χ1n) is 7.65. The van der Waals surface area contributed by atoms with Gasteiger partial charge in [0.1, 0.15) is 11.6 Å². The first-order chi connectivity index (χ1) is 11.0. The summed E-state index contributed by atoms with van der Waals surface area (Å²) in [7, 11) is 0. The van der Waals surface area contributed by atoms with Gasteiger partial charge in [-0.05, 0) is 49.5 Å². The maximum absolute atomic E-state index is 13.3. The molecule has 0 saturated carbocycles. The van der Waals surface area contributed by atoms with Crippen molar-refractivity contribution >= 4 is 23.0 Å². The number of hydrogen-bond donors (Lipinski definition) is 1. The number of nitrogens with one attached hydrogen (secondary N) is 1. The highest BCUT2D eigenvalue weighted by molar-refractivity contribution is 7.80. The van der Waals surface area contributed by atoms with Crippen molar-refractivity contribution in [3.05, 3.63) is 59.9 Å². The quantitative estimate of drug-likeness (QED) is 0.800. The summed E-state index contributed by atoms with van der Waals surface area (Å²) in [6.45, 7) is 4.18. The number of hydrogen-bond acceptors (Lipinski definition) is 2. The molecule has 2 aliphatic heterocycles. The molecule has 2 aromatic carbocycles. The lowest BCUT2D eigenvalue weighted by Gasteiger charge is -2.56. The molecule has 23 heavy (non-hydrogen) atoms. The fourth-order valence-corrected chi connectivity index (χ4v) is 3.95. The number of fused-ring (bicyclic) bond motifs is 4. The molecular formula is C18H17FN2OS. The van der Waals surface area contributed by atoms with Gasteiger partial charge in [0.15, 0.2) is 10.8 Å². The predicted molar refractivity (Wildman–Crippen MR) is 92.0 cm³/mol. The lowest BCUT2D eigenvalue weighted by molar-refractivity contribution is -0.00317. The molecule has 2 aliphatic rings. The Hall–Kier alpha value is -2.14. The monoisotopic (exact) mass is 328 g/mol. The van der Waals surface area contributed by atoms with Crippen LogP contribution in [0.5, 0.6) is 5.75 Å². The van der Waals surface area contributed by atoms with Crippen LogP contribution in [0.2, 0.25) is 0 Å².